The maximum atomic E-state index is 5.07. The summed E-state index contributed by atoms with van der Waals surface area (Å²) >= 11 is 0. The minimum atomic E-state index is 0.965. The van der Waals surface area contributed by atoms with E-state index in [1.54, 1.807) is 17.6 Å². The van der Waals surface area contributed by atoms with E-state index >= 15 is 0 Å². The van der Waals surface area contributed by atoms with Crippen LogP contribution in [0.3, 0.4) is 0 Å². The van der Waals surface area contributed by atoms with Crippen LogP contribution in [0.5, 0.6) is 0 Å². The SMILES string of the molecule is CCCCCCN1NC=CO1. The first-order valence-corrected chi connectivity index (χ1v) is 4.29. The molecule has 0 aliphatic carbocycles. The van der Waals surface area contributed by atoms with Gasteiger partial charge in [-0.1, -0.05) is 31.4 Å². The first-order chi connectivity index (χ1) is 5.43. The van der Waals surface area contributed by atoms with E-state index in [2.05, 4.69) is 12.3 Å². The molecule has 0 aromatic carbocycles. The van der Waals surface area contributed by atoms with Crippen molar-refractivity contribution in [1.29, 1.82) is 0 Å². The first kappa shape index (κ1) is 8.40. The van der Waals surface area contributed by atoms with Crippen LogP contribution in [0, 0.1) is 0 Å². The molecule has 3 nitrogen and oxygen atoms in total. The van der Waals surface area contributed by atoms with Crippen LogP contribution in [0.25, 0.3) is 0 Å². The summed E-state index contributed by atoms with van der Waals surface area (Å²) in [4.78, 5) is 5.07. The van der Waals surface area contributed by atoms with Crippen molar-refractivity contribution in [2.45, 2.75) is 32.6 Å². The second-order valence-electron chi connectivity index (χ2n) is 2.70. The van der Waals surface area contributed by atoms with E-state index in [0.29, 0.717) is 0 Å². The largest absolute Gasteiger partial charge is 0.393 e. The molecule has 3 heteroatoms. The fourth-order valence-electron chi connectivity index (χ4n) is 1.05. The fraction of sp³-hybridized carbons (Fsp3) is 0.750. The molecule has 0 fully saturated rings. The van der Waals surface area contributed by atoms with Crippen molar-refractivity contribution in [3.05, 3.63) is 12.5 Å². The van der Waals surface area contributed by atoms with Crippen molar-refractivity contribution in [3.8, 4) is 0 Å². The van der Waals surface area contributed by atoms with Gasteiger partial charge in [-0.05, 0) is 6.42 Å². The van der Waals surface area contributed by atoms with Gasteiger partial charge in [0.25, 0.3) is 0 Å². The third-order valence-corrected chi connectivity index (χ3v) is 1.69. The Balaban J connectivity index is 1.87. The Morgan fingerprint density at radius 2 is 2.27 bits per heavy atom. The van der Waals surface area contributed by atoms with Gasteiger partial charge in [-0.25, -0.2) is 0 Å². The monoisotopic (exact) mass is 156 g/mol. The van der Waals surface area contributed by atoms with Gasteiger partial charge >= 0.3 is 0 Å². The van der Waals surface area contributed by atoms with E-state index in [1.807, 2.05) is 0 Å². The lowest BCUT2D eigenvalue weighted by molar-refractivity contribution is -0.113. The second-order valence-corrected chi connectivity index (χ2v) is 2.70. The minimum absolute atomic E-state index is 0.965. The number of hydrogen-bond donors (Lipinski definition) is 1. The smallest absolute Gasteiger partial charge is 0.131 e. The van der Waals surface area contributed by atoms with Gasteiger partial charge in [-0.15, -0.1) is 0 Å². The van der Waals surface area contributed by atoms with Crippen LogP contribution in [0.4, 0.5) is 0 Å². The number of nitrogens with one attached hydrogen (secondary N) is 1. The molecule has 0 saturated carbocycles. The number of hydroxylamine groups is 1. The van der Waals surface area contributed by atoms with Gasteiger partial charge < -0.3 is 4.84 Å². The van der Waals surface area contributed by atoms with Gasteiger partial charge in [0.05, 0.1) is 12.7 Å². The molecule has 0 amide bonds. The molecule has 1 rings (SSSR count). The molecule has 0 atom stereocenters. The predicted molar refractivity (Wildman–Crippen MR) is 44.2 cm³/mol. The third kappa shape index (κ3) is 3.28. The van der Waals surface area contributed by atoms with Crippen LogP contribution in [0.1, 0.15) is 32.6 Å². The topological polar surface area (TPSA) is 24.5 Å². The lowest BCUT2D eigenvalue weighted by Crippen LogP contribution is -2.29. The highest BCUT2D eigenvalue weighted by Gasteiger charge is 2.04. The van der Waals surface area contributed by atoms with Gasteiger partial charge in [0, 0.05) is 0 Å². The van der Waals surface area contributed by atoms with Crippen LogP contribution in [-0.4, -0.2) is 11.7 Å². The fourth-order valence-corrected chi connectivity index (χ4v) is 1.05. The molecule has 0 radical (unpaired) electrons. The second kappa shape index (κ2) is 5.02. The number of nitrogens with zero attached hydrogens (tertiary/aromatic N) is 1. The minimum Gasteiger partial charge on any atom is -0.393 e. The molecule has 64 valence electrons. The molecule has 1 N–H and O–H groups in total. The van der Waals surface area contributed by atoms with Crippen LogP contribution >= 0.6 is 0 Å². The first-order valence-electron chi connectivity index (χ1n) is 4.29. The molecule has 0 spiro atoms. The molecule has 0 unspecified atom stereocenters. The van der Waals surface area contributed by atoms with Crippen molar-refractivity contribution < 1.29 is 4.84 Å². The van der Waals surface area contributed by atoms with Crippen molar-refractivity contribution in [3.63, 3.8) is 0 Å². The van der Waals surface area contributed by atoms with E-state index in [-0.39, 0.29) is 0 Å². The summed E-state index contributed by atoms with van der Waals surface area (Å²) in [5.41, 5.74) is 2.96. The average Bonchev–Trinajstić information content (AvgIpc) is 2.50. The summed E-state index contributed by atoms with van der Waals surface area (Å²) in [5.74, 6) is 0. The van der Waals surface area contributed by atoms with Crippen LogP contribution < -0.4 is 5.43 Å². The van der Waals surface area contributed by atoms with Crippen LogP contribution in [0.2, 0.25) is 0 Å². The highest BCUT2D eigenvalue weighted by atomic mass is 16.7. The summed E-state index contributed by atoms with van der Waals surface area (Å²) in [7, 11) is 0. The number of rotatable bonds is 5. The molecule has 0 saturated heterocycles. The Morgan fingerprint density at radius 1 is 1.36 bits per heavy atom. The van der Waals surface area contributed by atoms with Crippen molar-refractivity contribution >= 4 is 0 Å². The highest BCUT2D eigenvalue weighted by Crippen LogP contribution is 2.02. The zero-order chi connectivity index (χ0) is 7.94. The molecule has 11 heavy (non-hydrogen) atoms. The van der Waals surface area contributed by atoms with Crippen molar-refractivity contribution in [2.75, 3.05) is 6.54 Å². The lowest BCUT2D eigenvalue weighted by atomic mass is 10.2. The number of hydrazine groups is 1. The summed E-state index contributed by atoms with van der Waals surface area (Å²) < 4.78 is 0. The number of unbranched alkanes of at least 4 members (excludes halogenated alkanes) is 3. The standard InChI is InChI=1S/C8H16N2O/c1-2-3-4-5-7-10-9-6-8-11-10/h6,8-9H,2-5,7H2,1H3. The Labute approximate surface area is 67.9 Å². The molecule has 0 aromatic rings. The highest BCUT2D eigenvalue weighted by molar-refractivity contribution is 4.72. The van der Waals surface area contributed by atoms with E-state index in [0.717, 1.165) is 6.54 Å². The quantitative estimate of drug-likeness (QED) is 0.614. The Kier molecular flexibility index (Phi) is 3.83. The van der Waals surface area contributed by atoms with Gasteiger partial charge in [0.15, 0.2) is 0 Å². The number of hydrogen-bond acceptors (Lipinski definition) is 3. The third-order valence-electron chi connectivity index (χ3n) is 1.69. The Hall–Kier alpha value is -0.700. The van der Waals surface area contributed by atoms with E-state index in [9.17, 15) is 0 Å². The Bertz CT molecular complexity index is 117. The molecule has 1 heterocycles. The van der Waals surface area contributed by atoms with E-state index < -0.39 is 0 Å². The molecule has 0 aromatic heterocycles. The summed E-state index contributed by atoms with van der Waals surface area (Å²) in [6, 6.07) is 0. The lowest BCUT2D eigenvalue weighted by Gasteiger charge is -2.13. The maximum Gasteiger partial charge on any atom is 0.131 e. The Morgan fingerprint density at radius 3 is 2.91 bits per heavy atom. The average molecular weight is 156 g/mol. The van der Waals surface area contributed by atoms with Gasteiger partial charge in [-0.2, -0.15) is 0 Å². The molecule has 1 aliphatic heterocycles. The maximum absolute atomic E-state index is 5.07. The van der Waals surface area contributed by atoms with Crippen LogP contribution in [0.15, 0.2) is 12.5 Å². The van der Waals surface area contributed by atoms with Gasteiger partial charge in [-0.3, -0.25) is 5.43 Å². The van der Waals surface area contributed by atoms with Crippen molar-refractivity contribution in [2.24, 2.45) is 0 Å². The van der Waals surface area contributed by atoms with Gasteiger partial charge in [0.2, 0.25) is 0 Å². The zero-order valence-electron chi connectivity index (χ0n) is 7.05. The van der Waals surface area contributed by atoms with E-state index in [4.69, 9.17) is 4.84 Å². The normalized spacial score (nSPS) is 16.5. The molecule has 0 bridgehead atoms. The molecular weight excluding hydrogens is 140 g/mol. The predicted octanol–water partition coefficient (Wildman–Crippen LogP) is 1.79. The zero-order valence-corrected chi connectivity index (χ0v) is 7.05. The summed E-state index contributed by atoms with van der Waals surface area (Å²) in [5, 5.41) is 1.75. The molecule has 1 aliphatic rings. The van der Waals surface area contributed by atoms with E-state index in [1.165, 1.54) is 25.7 Å². The van der Waals surface area contributed by atoms with Crippen LogP contribution in [-0.2, 0) is 4.84 Å². The summed E-state index contributed by atoms with van der Waals surface area (Å²) in [6.07, 6.45) is 8.54. The van der Waals surface area contributed by atoms with Crippen molar-refractivity contribution in [1.82, 2.24) is 10.6 Å². The molecular formula is C8H16N2O. The summed E-state index contributed by atoms with van der Waals surface area (Å²) in [6.45, 7) is 3.18. The van der Waals surface area contributed by atoms with Gasteiger partial charge in [0.1, 0.15) is 6.26 Å².